The van der Waals surface area contributed by atoms with Gasteiger partial charge in [-0.05, 0) is 65.4 Å². The van der Waals surface area contributed by atoms with Gasteiger partial charge in [0, 0.05) is 12.1 Å². The first-order valence-electron chi connectivity index (χ1n) is 9.80. The van der Waals surface area contributed by atoms with E-state index in [-0.39, 0.29) is 39.0 Å². The monoisotopic (exact) mass is 567 g/mol. The summed E-state index contributed by atoms with van der Waals surface area (Å²) in [6, 6.07) is 14.2. The summed E-state index contributed by atoms with van der Waals surface area (Å²) >= 11 is 26.1. The predicted molar refractivity (Wildman–Crippen MR) is 141 cm³/mol. The zero-order valence-corrected chi connectivity index (χ0v) is 21.3. The van der Waals surface area contributed by atoms with Gasteiger partial charge >= 0.3 is 0 Å². The van der Waals surface area contributed by atoms with Crippen LogP contribution in [-0.2, 0) is 11.4 Å². The molecule has 0 bridgehead atoms. The van der Waals surface area contributed by atoms with Crippen molar-refractivity contribution in [2.45, 2.75) is 6.61 Å². The number of nitro groups is 1. The third kappa shape index (κ3) is 6.09. The molecular weight excluding hydrogens is 556 g/mol. The minimum Gasteiger partial charge on any atom is -0.486 e. The Bertz CT molecular complexity index is 1370. The van der Waals surface area contributed by atoms with Crippen molar-refractivity contribution in [2.75, 3.05) is 0 Å². The van der Waals surface area contributed by atoms with Crippen LogP contribution in [0.4, 0.5) is 11.4 Å². The van der Waals surface area contributed by atoms with Crippen molar-refractivity contribution in [3.8, 4) is 5.75 Å². The Morgan fingerprint density at radius 2 is 1.71 bits per heavy atom. The number of nitrogens with zero attached hydrogens (tertiary/aromatic N) is 2. The average molecular weight is 569 g/mol. The van der Waals surface area contributed by atoms with Crippen LogP contribution >= 0.6 is 58.2 Å². The van der Waals surface area contributed by atoms with Crippen molar-refractivity contribution in [1.29, 1.82) is 0 Å². The Labute approximate surface area is 223 Å². The SMILES string of the molecule is O=C1NC(=Nc2cccc(Cl)c2Cl)S/C1=C/c1cc(Cl)c(OCc2ccc([N+](=O)[O-])cc2)c(Cl)c1. The van der Waals surface area contributed by atoms with Crippen LogP contribution in [0.25, 0.3) is 6.08 Å². The van der Waals surface area contributed by atoms with Gasteiger partial charge in [0.25, 0.3) is 11.6 Å². The number of hydrogen-bond donors (Lipinski definition) is 1. The van der Waals surface area contributed by atoms with E-state index in [2.05, 4.69) is 10.3 Å². The Balaban J connectivity index is 1.49. The minimum atomic E-state index is -0.476. The maximum Gasteiger partial charge on any atom is 0.269 e. The smallest absolute Gasteiger partial charge is 0.269 e. The Hall–Kier alpha value is -2.75. The molecule has 0 saturated carbocycles. The number of nitro benzene ring substituents is 1. The summed E-state index contributed by atoms with van der Waals surface area (Å²) in [4.78, 5) is 27.5. The van der Waals surface area contributed by atoms with Gasteiger partial charge in [0.1, 0.15) is 6.61 Å². The molecule has 3 aromatic carbocycles. The van der Waals surface area contributed by atoms with Crippen molar-refractivity contribution >= 4 is 86.7 Å². The quantitative estimate of drug-likeness (QED) is 0.187. The van der Waals surface area contributed by atoms with E-state index in [1.807, 2.05) is 0 Å². The number of carbonyl (C=O) groups is 1. The molecule has 35 heavy (non-hydrogen) atoms. The summed E-state index contributed by atoms with van der Waals surface area (Å²) in [5, 5.41) is 14.9. The molecule has 1 amide bonds. The van der Waals surface area contributed by atoms with Crippen LogP contribution in [0.15, 0.2) is 64.5 Å². The number of halogens is 4. The molecule has 1 N–H and O–H groups in total. The maximum atomic E-state index is 12.4. The summed E-state index contributed by atoms with van der Waals surface area (Å²) in [6.45, 7) is 0.113. The Morgan fingerprint density at radius 1 is 1.03 bits per heavy atom. The minimum absolute atomic E-state index is 0.0140. The van der Waals surface area contributed by atoms with Gasteiger partial charge in [0.15, 0.2) is 10.9 Å². The van der Waals surface area contributed by atoms with E-state index in [0.29, 0.717) is 31.9 Å². The molecule has 0 aliphatic carbocycles. The lowest BCUT2D eigenvalue weighted by Gasteiger charge is -2.11. The molecule has 4 rings (SSSR count). The summed E-state index contributed by atoms with van der Waals surface area (Å²) in [7, 11) is 0. The summed E-state index contributed by atoms with van der Waals surface area (Å²) in [5.41, 5.74) is 1.71. The molecule has 1 saturated heterocycles. The lowest BCUT2D eigenvalue weighted by Crippen LogP contribution is -2.19. The fourth-order valence-corrected chi connectivity index (χ4v) is 4.78. The normalized spacial score (nSPS) is 15.5. The standard InChI is InChI=1S/C23H13Cl4N3O4S/c24-15-2-1-3-18(20(15)27)28-23-29-22(31)19(35-23)10-13-8-16(25)21(17(26)9-13)34-11-12-4-6-14(7-5-12)30(32)33/h1-10H,11H2,(H,28,29,31)/b19-10+. The molecular formula is C23H13Cl4N3O4S. The number of carbonyl (C=O) groups excluding carboxylic acids is 1. The largest absolute Gasteiger partial charge is 0.486 e. The number of hydrogen-bond acceptors (Lipinski definition) is 6. The van der Waals surface area contributed by atoms with Crippen LogP contribution < -0.4 is 10.1 Å². The van der Waals surface area contributed by atoms with Crippen molar-refractivity contribution in [3.63, 3.8) is 0 Å². The molecule has 0 spiro atoms. The number of nitrogens with one attached hydrogen (secondary N) is 1. The molecule has 12 heteroatoms. The highest BCUT2D eigenvalue weighted by molar-refractivity contribution is 8.18. The average Bonchev–Trinajstić information content (AvgIpc) is 3.15. The van der Waals surface area contributed by atoms with Gasteiger partial charge in [-0.3, -0.25) is 14.9 Å². The molecule has 0 atom stereocenters. The molecule has 0 unspecified atom stereocenters. The van der Waals surface area contributed by atoms with E-state index in [1.54, 1.807) is 48.5 Å². The van der Waals surface area contributed by atoms with Crippen LogP contribution in [0.2, 0.25) is 20.1 Å². The molecule has 1 aliphatic heterocycles. The number of ether oxygens (including phenoxy) is 1. The first-order valence-corrected chi connectivity index (χ1v) is 12.1. The highest BCUT2D eigenvalue weighted by Gasteiger charge is 2.24. The molecule has 1 aliphatic rings. The Morgan fingerprint density at radius 3 is 2.37 bits per heavy atom. The summed E-state index contributed by atoms with van der Waals surface area (Å²) < 4.78 is 5.72. The van der Waals surface area contributed by atoms with Gasteiger partial charge in [0.2, 0.25) is 0 Å². The predicted octanol–water partition coefficient (Wildman–Crippen LogP) is 7.68. The molecule has 178 valence electrons. The van der Waals surface area contributed by atoms with Gasteiger partial charge in [-0.1, -0.05) is 52.5 Å². The van der Waals surface area contributed by atoms with Crippen LogP contribution in [0, 0.1) is 10.1 Å². The molecule has 0 aromatic heterocycles. The van der Waals surface area contributed by atoms with Crippen molar-refractivity contribution in [2.24, 2.45) is 4.99 Å². The van der Waals surface area contributed by atoms with E-state index < -0.39 is 4.92 Å². The topological polar surface area (TPSA) is 93.8 Å². The van der Waals surface area contributed by atoms with E-state index in [1.165, 1.54) is 12.1 Å². The number of benzene rings is 3. The zero-order valence-electron chi connectivity index (χ0n) is 17.4. The first-order chi connectivity index (χ1) is 16.7. The number of non-ortho nitro benzene ring substituents is 1. The number of rotatable bonds is 6. The summed E-state index contributed by atoms with van der Waals surface area (Å²) in [5.74, 6) is -0.0761. The zero-order chi connectivity index (χ0) is 25.1. The van der Waals surface area contributed by atoms with Gasteiger partial charge < -0.3 is 10.1 Å². The number of amidine groups is 1. The van der Waals surface area contributed by atoms with Crippen LogP contribution in [0.5, 0.6) is 5.75 Å². The van der Waals surface area contributed by atoms with E-state index in [4.69, 9.17) is 51.1 Å². The molecule has 0 radical (unpaired) electrons. The highest BCUT2D eigenvalue weighted by atomic mass is 35.5. The summed E-state index contributed by atoms with van der Waals surface area (Å²) in [6.07, 6.45) is 1.62. The Kier molecular flexibility index (Phi) is 7.88. The van der Waals surface area contributed by atoms with Crippen LogP contribution in [0.3, 0.4) is 0 Å². The van der Waals surface area contributed by atoms with Crippen molar-refractivity contribution < 1.29 is 14.5 Å². The second-order valence-corrected chi connectivity index (χ2v) is 9.71. The first kappa shape index (κ1) is 25.3. The highest BCUT2D eigenvalue weighted by Crippen LogP contribution is 2.38. The second-order valence-electron chi connectivity index (χ2n) is 7.08. The van der Waals surface area contributed by atoms with Gasteiger partial charge in [0.05, 0.1) is 35.6 Å². The fourth-order valence-electron chi connectivity index (χ4n) is 2.99. The fraction of sp³-hybridized carbons (Fsp3) is 0.0435. The van der Waals surface area contributed by atoms with Crippen molar-refractivity contribution in [1.82, 2.24) is 5.32 Å². The van der Waals surface area contributed by atoms with E-state index >= 15 is 0 Å². The third-order valence-corrected chi connectivity index (χ3v) is 6.93. The number of amides is 1. The number of thioether (sulfide) groups is 1. The number of aliphatic imine (C=N–C) groups is 1. The van der Waals surface area contributed by atoms with Crippen LogP contribution in [0.1, 0.15) is 11.1 Å². The second kappa shape index (κ2) is 10.9. The molecule has 3 aromatic rings. The lowest BCUT2D eigenvalue weighted by atomic mass is 10.2. The van der Waals surface area contributed by atoms with Gasteiger partial charge in [-0.2, -0.15) is 0 Å². The van der Waals surface area contributed by atoms with Gasteiger partial charge in [-0.15, -0.1) is 0 Å². The van der Waals surface area contributed by atoms with E-state index in [0.717, 1.165) is 11.8 Å². The molecule has 7 nitrogen and oxygen atoms in total. The third-order valence-electron chi connectivity index (χ3n) is 4.65. The molecule has 1 heterocycles. The van der Waals surface area contributed by atoms with E-state index in [9.17, 15) is 14.9 Å². The molecule has 1 fully saturated rings. The van der Waals surface area contributed by atoms with Crippen molar-refractivity contribution in [3.05, 3.63) is 101 Å². The lowest BCUT2D eigenvalue weighted by molar-refractivity contribution is -0.384. The van der Waals surface area contributed by atoms with Crippen LogP contribution in [-0.4, -0.2) is 16.0 Å². The maximum absolute atomic E-state index is 12.4. The van der Waals surface area contributed by atoms with Gasteiger partial charge in [-0.25, -0.2) is 4.99 Å².